The van der Waals surface area contributed by atoms with E-state index in [1.54, 1.807) is 42.5 Å². The Labute approximate surface area is 144 Å². The Morgan fingerprint density at radius 3 is 2.36 bits per heavy atom. The first-order valence-electron chi connectivity index (χ1n) is 7.33. The summed E-state index contributed by atoms with van der Waals surface area (Å²) >= 11 is 0. The lowest BCUT2D eigenvalue weighted by atomic mass is 10.2. The minimum Gasteiger partial charge on any atom is -0.484 e. The lowest BCUT2D eigenvalue weighted by Crippen LogP contribution is -2.21. The van der Waals surface area contributed by atoms with E-state index in [-0.39, 0.29) is 12.2 Å². The zero-order valence-corrected chi connectivity index (χ0v) is 13.8. The molecule has 0 saturated heterocycles. The highest BCUT2D eigenvalue weighted by Crippen LogP contribution is 2.17. The highest BCUT2D eigenvalue weighted by atomic mass is 16.5. The quantitative estimate of drug-likeness (QED) is 0.809. The highest BCUT2D eigenvalue weighted by Gasteiger charge is 2.14. The van der Waals surface area contributed by atoms with Crippen LogP contribution >= 0.6 is 0 Å². The predicted octanol–water partition coefficient (Wildman–Crippen LogP) is 2.28. The van der Waals surface area contributed by atoms with Gasteiger partial charge in [0.05, 0.1) is 31.0 Å². The van der Waals surface area contributed by atoms with E-state index in [9.17, 15) is 14.4 Å². The van der Waals surface area contributed by atoms with Crippen molar-refractivity contribution in [3.63, 3.8) is 0 Å². The maximum absolute atomic E-state index is 12.0. The maximum atomic E-state index is 12.0. The van der Waals surface area contributed by atoms with Gasteiger partial charge in [-0.15, -0.1) is 0 Å². The molecule has 2 rings (SSSR count). The Morgan fingerprint density at radius 2 is 1.64 bits per heavy atom. The monoisotopic (exact) mass is 343 g/mol. The van der Waals surface area contributed by atoms with Gasteiger partial charge in [0, 0.05) is 0 Å². The van der Waals surface area contributed by atoms with Gasteiger partial charge in [-0.05, 0) is 30.3 Å². The number of rotatable bonds is 6. The molecule has 7 nitrogen and oxygen atoms in total. The number of anilines is 1. The average Bonchev–Trinajstić information content (AvgIpc) is 2.65. The van der Waals surface area contributed by atoms with Crippen LogP contribution in [0.4, 0.5) is 5.69 Å². The van der Waals surface area contributed by atoms with Crippen LogP contribution in [0.2, 0.25) is 0 Å². The number of methoxy groups -OCH3 is 2. The van der Waals surface area contributed by atoms with Crippen molar-refractivity contribution in [2.75, 3.05) is 26.1 Å². The molecular weight excluding hydrogens is 326 g/mol. The average molecular weight is 343 g/mol. The van der Waals surface area contributed by atoms with E-state index in [1.807, 2.05) is 0 Å². The Bertz CT molecular complexity index is 787. The van der Waals surface area contributed by atoms with Gasteiger partial charge in [0.25, 0.3) is 5.91 Å². The number of carbonyl (C=O) groups is 3. The number of ether oxygens (including phenoxy) is 3. The number of hydrogen-bond donors (Lipinski definition) is 1. The van der Waals surface area contributed by atoms with E-state index in [4.69, 9.17) is 4.74 Å². The largest absolute Gasteiger partial charge is 0.484 e. The fraction of sp³-hybridized carbons (Fsp3) is 0.167. The Balaban J connectivity index is 2.00. The van der Waals surface area contributed by atoms with Crippen LogP contribution in [-0.2, 0) is 14.3 Å². The molecule has 0 bridgehead atoms. The second-order valence-electron chi connectivity index (χ2n) is 4.89. The van der Waals surface area contributed by atoms with Crippen LogP contribution in [0, 0.1) is 0 Å². The molecule has 130 valence electrons. The summed E-state index contributed by atoms with van der Waals surface area (Å²) in [6, 6.07) is 12.8. The third kappa shape index (κ3) is 4.81. The van der Waals surface area contributed by atoms with E-state index >= 15 is 0 Å². The van der Waals surface area contributed by atoms with Crippen molar-refractivity contribution in [1.29, 1.82) is 0 Å². The molecule has 0 radical (unpaired) electrons. The Morgan fingerprint density at radius 1 is 0.920 bits per heavy atom. The molecule has 0 atom stereocenters. The smallest absolute Gasteiger partial charge is 0.339 e. The number of amides is 1. The molecule has 0 heterocycles. The van der Waals surface area contributed by atoms with E-state index in [0.29, 0.717) is 17.0 Å². The molecule has 7 heteroatoms. The number of nitrogens with one attached hydrogen (secondary N) is 1. The number of benzene rings is 2. The molecule has 25 heavy (non-hydrogen) atoms. The van der Waals surface area contributed by atoms with Gasteiger partial charge in [-0.1, -0.05) is 18.2 Å². The molecule has 0 unspecified atom stereocenters. The minimum atomic E-state index is -0.553. The summed E-state index contributed by atoms with van der Waals surface area (Å²) in [5, 5.41) is 2.59. The molecule has 2 aromatic rings. The third-order valence-electron chi connectivity index (χ3n) is 3.23. The van der Waals surface area contributed by atoms with Gasteiger partial charge in [0.2, 0.25) is 0 Å². The zero-order chi connectivity index (χ0) is 18.2. The molecule has 2 aromatic carbocycles. The first kappa shape index (κ1) is 18.0. The minimum absolute atomic E-state index is 0.242. The van der Waals surface area contributed by atoms with Crippen molar-refractivity contribution in [3.8, 4) is 5.75 Å². The molecule has 1 N–H and O–H groups in total. The van der Waals surface area contributed by atoms with E-state index in [2.05, 4.69) is 14.8 Å². The SMILES string of the molecule is COC(=O)c1cccc(OCC(=O)Nc2ccccc2C(=O)OC)c1. The van der Waals surface area contributed by atoms with Crippen molar-refractivity contribution < 1.29 is 28.6 Å². The normalized spacial score (nSPS) is 9.84. The van der Waals surface area contributed by atoms with Gasteiger partial charge in [-0.25, -0.2) is 9.59 Å². The Hall–Kier alpha value is -3.35. The topological polar surface area (TPSA) is 90.9 Å². The lowest BCUT2D eigenvalue weighted by Gasteiger charge is -2.11. The van der Waals surface area contributed by atoms with E-state index < -0.39 is 17.8 Å². The summed E-state index contributed by atoms with van der Waals surface area (Å²) in [6.07, 6.45) is 0. The maximum Gasteiger partial charge on any atom is 0.339 e. The number of esters is 2. The number of para-hydroxylation sites is 1. The summed E-state index contributed by atoms with van der Waals surface area (Å²) in [4.78, 5) is 35.2. The standard InChI is InChI=1S/C18H17NO6/c1-23-17(21)12-6-5-7-13(10-12)25-11-16(20)19-15-9-4-3-8-14(15)18(22)24-2/h3-10H,11H2,1-2H3,(H,19,20). The van der Waals surface area contributed by atoms with Crippen LogP contribution in [0.25, 0.3) is 0 Å². The number of carbonyl (C=O) groups excluding carboxylic acids is 3. The van der Waals surface area contributed by atoms with Gasteiger partial charge in [-0.2, -0.15) is 0 Å². The van der Waals surface area contributed by atoms with Crippen molar-refractivity contribution in [3.05, 3.63) is 59.7 Å². The zero-order valence-electron chi connectivity index (χ0n) is 13.8. The van der Waals surface area contributed by atoms with Crippen LogP contribution in [-0.4, -0.2) is 38.7 Å². The van der Waals surface area contributed by atoms with Gasteiger partial charge >= 0.3 is 11.9 Å². The second kappa shape index (κ2) is 8.49. The van der Waals surface area contributed by atoms with Crippen molar-refractivity contribution in [2.45, 2.75) is 0 Å². The van der Waals surface area contributed by atoms with Gasteiger partial charge in [0.1, 0.15) is 5.75 Å². The van der Waals surface area contributed by atoms with Crippen LogP contribution in [0.5, 0.6) is 5.75 Å². The highest BCUT2D eigenvalue weighted by molar-refractivity contribution is 6.01. The second-order valence-corrected chi connectivity index (χ2v) is 4.89. The lowest BCUT2D eigenvalue weighted by molar-refractivity contribution is -0.118. The molecule has 0 aliphatic heterocycles. The van der Waals surface area contributed by atoms with E-state index in [0.717, 1.165) is 0 Å². The third-order valence-corrected chi connectivity index (χ3v) is 3.23. The summed E-state index contributed by atoms with van der Waals surface area (Å²) in [6.45, 7) is -0.292. The summed E-state index contributed by atoms with van der Waals surface area (Å²) in [5.74, 6) is -1.16. The van der Waals surface area contributed by atoms with Crippen LogP contribution in [0.3, 0.4) is 0 Å². The van der Waals surface area contributed by atoms with Gasteiger partial charge in [0.15, 0.2) is 6.61 Å². The van der Waals surface area contributed by atoms with Crippen LogP contribution in [0.15, 0.2) is 48.5 Å². The molecular formula is C18H17NO6. The molecule has 0 aliphatic rings. The van der Waals surface area contributed by atoms with E-state index in [1.165, 1.54) is 20.3 Å². The predicted molar refractivity (Wildman–Crippen MR) is 89.7 cm³/mol. The molecule has 0 saturated carbocycles. The van der Waals surface area contributed by atoms with Crippen molar-refractivity contribution in [1.82, 2.24) is 0 Å². The molecule has 1 amide bonds. The fourth-order valence-electron chi connectivity index (χ4n) is 2.05. The van der Waals surface area contributed by atoms with Crippen molar-refractivity contribution in [2.24, 2.45) is 0 Å². The van der Waals surface area contributed by atoms with Gasteiger partial charge in [-0.3, -0.25) is 4.79 Å². The fourth-order valence-corrected chi connectivity index (χ4v) is 2.05. The summed E-state index contributed by atoms with van der Waals surface area (Å²) in [7, 11) is 2.54. The molecule has 0 aliphatic carbocycles. The van der Waals surface area contributed by atoms with Crippen LogP contribution in [0.1, 0.15) is 20.7 Å². The summed E-state index contributed by atoms with van der Waals surface area (Å²) < 4.78 is 14.7. The Kier molecular flexibility index (Phi) is 6.11. The van der Waals surface area contributed by atoms with Gasteiger partial charge < -0.3 is 19.5 Å². The molecule has 0 fully saturated rings. The van der Waals surface area contributed by atoms with Crippen LogP contribution < -0.4 is 10.1 Å². The summed E-state index contributed by atoms with van der Waals surface area (Å²) in [5.41, 5.74) is 0.883. The first-order chi connectivity index (χ1) is 12.0. The first-order valence-corrected chi connectivity index (χ1v) is 7.33. The molecule has 0 aromatic heterocycles. The number of hydrogen-bond acceptors (Lipinski definition) is 6. The molecule has 0 spiro atoms. The van der Waals surface area contributed by atoms with Crippen molar-refractivity contribution >= 4 is 23.5 Å².